The predicted octanol–water partition coefficient (Wildman–Crippen LogP) is 4.77. The summed E-state index contributed by atoms with van der Waals surface area (Å²) in [4.78, 5) is 39.7. The summed E-state index contributed by atoms with van der Waals surface area (Å²) in [5.74, 6) is -2.58. The second-order valence-electron chi connectivity index (χ2n) is 8.54. The molecule has 1 fully saturated rings. The molecule has 3 aromatic rings. The molecule has 190 valence electrons. The van der Waals surface area contributed by atoms with Gasteiger partial charge in [0.1, 0.15) is 17.3 Å². The van der Waals surface area contributed by atoms with Crippen LogP contribution >= 0.6 is 11.6 Å². The minimum atomic E-state index is -1.02. The number of phenolic OH excluding ortho intramolecular Hbond substituents is 1. The third-order valence-electron chi connectivity index (χ3n) is 6.10. The van der Waals surface area contributed by atoms with Crippen LogP contribution in [0, 0.1) is 6.92 Å². The average molecular weight is 522 g/mol. The fraction of sp³-hybridized carbons (Fsp3) is 0.179. The fourth-order valence-electron chi connectivity index (χ4n) is 4.40. The molecule has 9 heteroatoms. The smallest absolute Gasteiger partial charge is 0.337 e. The zero-order chi connectivity index (χ0) is 26.9. The maximum atomic E-state index is 13.3. The summed E-state index contributed by atoms with van der Waals surface area (Å²) in [6, 6.07) is 14.8. The molecule has 3 aromatic carbocycles. The summed E-state index contributed by atoms with van der Waals surface area (Å²) in [5, 5.41) is 21.8. The van der Waals surface area contributed by atoms with Crippen molar-refractivity contribution in [3.63, 3.8) is 0 Å². The van der Waals surface area contributed by atoms with Gasteiger partial charge in [-0.2, -0.15) is 0 Å². The minimum Gasteiger partial charge on any atom is -0.508 e. The summed E-state index contributed by atoms with van der Waals surface area (Å²) >= 11 is 6.32. The lowest BCUT2D eigenvalue weighted by molar-refractivity contribution is -0.140. The Balaban J connectivity index is 1.87. The van der Waals surface area contributed by atoms with Gasteiger partial charge >= 0.3 is 5.97 Å². The van der Waals surface area contributed by atoms with Gasteiger partial charge in [0.15, 0.2) is 0 Å². The van der Waals surface area contributed by atoms with Crippen LogP contribution in [0.1, 0.15) is 38.7 Å². The Kier molecular flexibility index (Phi) is 7.22. The van der Waals surface area contributed by atoms with Crippen LogP contribution in [0.4, 0.5) is 0 Å². The van der Waals surface area contributed by atoms with Crippen LogP contribution < -0.4 is 4.74 Å². The molecular formula is C28H24ClNO7. The van der Waals surface area contributed by atoms with Crippen LogP contribution in [-0.2, 0) is 20.9 Å². The van der Waals surface area contributed by atoms with Gasteiger partial charge < -0.3 is 24.6 Å². The monoisotopic (exact) mass is 521 g/mol. The normalized spacial score (nSPS) is 16.6. The number of amides is 1. The average Bonchev–Trinajstić information content (AvgIpc) is 3.12. The van der Waals surface area contributed by atoms with Crippen molar-refractivity contribution in [1.29, 1.82) is 0 Å². The van der Waals surface area contributed by atoms with E-state index < -0.39 is 29.5 Å². The number of hydrogen-bond acceptors (Lipinski definition) is 7. The number of aliphatic hydroxyl groups is 1. The maximum Gasteiger partial charge on any atom is 0.337 e. The molecule has 1 atom stereocenters. The van der Waals surface area contributed by atoms with Crippen molar-refractivity contribution in [2.75, 3.05) is 14.2 Å². The molecule has 2 N–H and O–H groups in total. The summed E-state index contributed by atoms with van der Waals surface area (Å²) in [6.07, 6.45) is 0. The molecule has 4 rings (SSSR count). The number of aliphatic hydroxyl groups excluding tert-OH is 1. The Morgan fingerprint density at radius 2 is 1.76 bits per heavy atom. The molecule has 0 aromatic heterocycles. The number of aromatic hydroxyl groups is 1. The highest BCUT2D eigenvalue weighted by molar-refractivity contribution is 6.46. The Morgan fingerprint density at radius 3 is 2.38 bits per heavy atom. The highest BCUT2D eigenvalue weighted by Gasteiger charge is 2.46. The highest BCUT2D eigenvalue weighted by atomic mass is 35.5. The maximum absolute atomic E-state index is 13.3. The molecule has 1 aliphatic rings. The van der Waals surface area contributed by atoms with Crippen LogP contribution in [0.5, 0.6) is 11.5 Å². The first-order chi connectivity index (χ1) is 17.7. The van der Waals surface area contributed by atoms with Crippen molar-refractivity contribution in [1.82, 2.24) is 4.90 Å². The van der Waals surface area contributed by atoms with Crippen LogP contribution in [0.2, 0.25) is 5.02 Å². The molecule has 1 aliphatic heterocycles. The second kappa shape index (κ2) is 10.4. The number of esters is 1. The number of carbonyl (C=O) groups excluding carboxylic acids is 3. The zero-order valence-corrected chi connectivity index (χ0v) is 21.1. The fourth-order valence-corrected chi connectivity index (χ4v) is 4.75. The van der Waals surface area contributed by atoms with E-state index in [1.165, 1.54) is 31.3 Å². The molecule has 0 saturated carbocycles. The van der Waals surface area contributed by atoms with E-state index in [0.29, 0.717) is 22.3 Å². The van der Waals surface area contributed by atoms with Gasteiger partial charge in [-0.25, -0.2) is 4.79 Å². The number of phenols is 1. The molecule has 1 saturated heterocycles. The Bertz CT molecular complexity index is 1430. The quantitative estimate of drug-likeness (QED) is 0.208. The topological polar surface area (TPSA) is 113 Å². The van der Waals surface area contributed by atoms with Gasteiger partial charge in [-0.3, -0.25) is 9.59 Å². The number of benzene rings is 3. The zero-order valence-electron chi connectivity index (χ0n) is 20.3. The van der Waals surface area contributed by atoms with Crippen molar-refractivity contribution in [2.24, 2.45) is 0 Å². The van der Waals surface area contributed by atoms with E-state index in [1.54, 1.807) is 55.5 Å². The third-order valence-corrected chi connectivity index (χ3v) is 6.38. The van der Waals surface area contributed by atoms with Crippen molar-refractivity contribution in [2.45, 2.75) is 19.5 Å². The lowest BCUT2D eigenvalue weighted by atomic mass is 9.94. The molecular weight excluding hydrogens is 498 g/mol. The first-order valence-corrected chi connectivity index (χ1v) is 11.6. The molecule has 0 aliphatic carbocycles. The summed E-state index contributed by atoms with van der Waals surface area (Å²) in [7, 11) is 2.66. The van der Waals surface area contributed by atoms with E-state index in [9.17, 15) is 24.6 Å². The lowest BCUT2D eigenvalue weighted by Gasteiger charge is -2.26. The van der Waals surface area contributed by atoms with E-state index in [-0.39, 0.29) is 34.2 Å². The van der Waals surface area contributed by atoms with Gasteiger partial charge in [-0.1, -0.05) is 35.9 Å². The number of nitrogens with zero attached hydrogens (tertiary/aromatic N) is 1. The van der Waals surface area contributed by atoms with Gasteiger partial charge in [0.25, 0.3) is 11.7 Å². The van der Waals surface area contributed by atoms with Crippen molar-refractivity contribution < 1.29 is 34.1 Å². The van der Waals surface area contributed by atoms with E-state index in [4.69, 9.17) is 21.1 Å². The largest absolute Gasteiger partial charge is 0.508 e. The number of Topliss-reactive ketones (excluding diaryl/α,β-unsaturated/α-hetero) is 1. The van der Waals surface area contributed by atoms with E-state index >= 15 is 0 Å². The van der Waals surface area contributed by atoms with Crippen LogP contribution in [-0.4, -0.2) is 47.0 Å². The number of halogens is 1. The number of aryl methyl sites for hydroxylation is 1. The number of hydrogen-bond donors (Lipinski definition) is 2. The Labute approximate surface area is 218 Å². The number of rotatable bonds is 6. The van der Waals surface area contributed by atoms with E-state index in [0.717, 1.165) is 0 Å². The van der Waals surface area contributed by atoms with Crippen molar-refractivity contribution in [3.8, 4) is 11.5 Å². The molecule has 1 amide bonds. The standard InChI is InChI=1S/C28H24ClNO7/c1-15-11-20(26(36-2)21(29)12-15)24(32)22-23(18-5-4-6-19(31)13-18)30(27(34)25(22)33)14-16-7-9-17(10-8-16)28(35)37-3/h4-13,23,31-32H,14H2,1-3H3/b24-22+. The van der Waals surface area contributed by atoms with E-state index in [2.05, 4.69) is 0 Å². The number of methoxy groups -OCH3 is 2. The minimum absolute atomic E-state index is 0.00512. The summed E-state index contributed by atoms with van der Waals surface area (Å²) in [6.45, 7) is 1.76. The van der Waals surface area contributed by atoms with Crippen LogP contribution in [0.3, 0.4) is 0 Å². The molecule has 0 spiro atoms. The predicted molar refractivity (Wildman–Crippen MR) is 136 cm³/mol. The number of likely N-dealkylation sites (tertiary alicyclic amines) is 1. The molecule has 8 nitrogen and oxygen atoms in total. The van der Waals surface area contributed by atoms with Gasteiger partial charge in [0, 0.05) is 6.54 Å². The third kappa shape index (κ3) is 4.88. The summed E-state index contributed by atoms with van der Waals surface area (Å²) < 4.78 is 10.1. The number of ether oxygens (including phenoxy) is 2. The van der Waals surface area contributed by atoms with Gasteiger partial charge in [0.05, 0.1) is 42.0 Å². The molecule has 37 heavy (non-hydrogen) atoms. The van der Waals surface area contributed by atoms with Crippen molar-refractivity contribution >= 4 is 35.0 Å². The van der Waals surface area contributed by atoms with Crippen LogP contribution in [0.15, 0.2) is 66.2 Å². The van der Waals surface area contributed by atoms with Gasteiger partial charge in [0.2, 0.25) is 0 Å². The van der Waals surface area contributed by atoms with Gasteiger partial charge in [-0.05, 0) is 60.0 Å². The Hall–Kier alpha value is -4.30. The molecule has 0 radical (unpaired) electrons. The van der Waals surface area contributed by atoms with Gasteiger partial charge in [-0.15, -0.1) is 0 Å². The van der Waals surface area contributed by atoms with Crippen LogP contribution in [0.25, 0.3) is 5.76 Å². The number of ketones is 1. The molecule has 0 bridgehead atoms. The second-order valence-corrected chi connectivity index (χ2v) is 8.95. The Morgan fingerprint density at radius 1 is 1.05 bits per heavy atom. The van der Waals surface area contributed by atoms with Crippen molar-refractivity contribution in [3.05, 3.63) is 99.1 Å². The lowest BCUT2D eigenvalue weighted by Crippen LogP contribution is -2.29. The molecule has 1 heterocycles. The summed E-state index contributed by atoms with van der Waals surface area (Å²) in [5.41, 5.74) is 2.10. The first-order valence-electron chi connectivity index (χ1n) is 11.2. The highest BCUT2D eigenvalue weighted by Crippen LogP contribution is 2.43. The first kappa shape index (κ1) is 25.8. The number of carbonyl (C=O) groups is 3. The molecule has 1 unspecified atom stereocenters. The SMILES string of the molecule is COC(=O)c1ccc(CN2C(=O)C(=O)/C(=C(/O)c3cc(C)cc(Cl)c3OC)C2c2cccc(O)c2)cc1. The van der Waals surface area contributed by atoms with E-state index in [1.807, 2.05) is 0 Å².